The van der Waals surface area contributed by atoms with Gasteiger partial charge in [-0.1, -0.05) is 11.8 Å². The second-order valence-corrected chi connectivity index (χ2v) is 7.63. The van der Waals surface area contributed by atoms with Crippen molar-refractivity contribution in [2.45, 2.75) is 39.4 Å². The van der Waals surface area contributed by atoms with E-state index in [9.17, 15) is 9.59 Å². The fourth-order valence-corrected chi connectivity index (χ4v) is 4.31. The number of aryl methyl sites for hydroxylation is 1. The number of morpholine rings is 1. The lowest BCUT2D eigenvalue weighted by Gasteiger charge is -2.27. The van der Waals surface area contributed by atoms with E-state index in [4.69, 9.17) is 9.47 Å². The highest BCUT2D eigenvalue weighted by Crippen LogP contribution is 2.26. The highest BCUT2D eigenvalue weighted by Gasteiger charge is 2.24. The number of nitrogens with one attached hydrogen (secondary N) is 1. The van der Waals surface area contributed by atoms with Gasteiger partial charge in [0.05, 0.1) is 25.6 Å². The minimum atomic E-state index is -0.444. The predicted octanol–water partition coefficient (Wildman–Crippen LogP) is 2.23. The number of Topliss-reactive ketones (excluding diaryl/α,β-unsaturated/α-hetero) is 1. The zero-order valence-corrected chi connectivity index (χ0v) is 18.1. The van der Waals surface area contributed by atoms with Crippen molar-refractivity contribution in [3.8, 4) is 0 Å². The molecule has 0 unspecified atom stereocenters. The van der Waals surface area contributed by atoms with Crippen molar-refractivity contribution in [3.05, 3.63) is 22.5 Å². The summed E-state index contributed by atoms with van der Waals surface area (Å²) in [5.41, 5.74) is 2.17. The van der Waals surface area contributed by atoms with E-state index in [0.29, 0.717) is 47.4 Å². The van der Waals surface area contributed by atoms with E-state index in [2.05, 4.69) is 20.1 Å². The summed E-state index contributed by atoms with van der Waals surface area (Å²) in [6, 6.07) is 0. The molecular weight excluding hydrogens is 394 g/mol. The van der Waals surface area contributed by atoms with Gasteiger partial charge in [-0.15, -0.1) is 10.2 Å². The molecule has 1 fully saturated rings. The number of carbonyl (C=O) groups is 2. The molecule has 1 saturated heterocycles. The van der Waals surface area contributed by atoms with Crippen LogP contribution in [0, 0.1) is 13.8 Å². The third-order valence-corrected chi connectivity index (χ3v) is 5.80. The van der Waals surface area contributed by atoms with Gasteiger partial charge < -0.3 is 19.4 Å². The first kappa shape index (κ1) is 21.4. The topological polar surface area (TPSA) is 102 Å². The number of ether oxygens (including phenoxy) is 2. The Morgan fingerprint density at radius 1 is 1.21 bits per heavy atom. The van der Waals surface area contributed by atoms with Gasteiger partial charge in [-0.3, -0.25) is 9.36 Å². The van der Waals surface area contributed by atoms with E-state index in [0.717, 1.165) is 19.0 Å². The molecule has 0 aromatic carbocycles. The summed E-state index contributed by atoms with van der Waals surface area (Å²) < 4.78 is 12.5. The van der Waals surface area contributed by atoms with E-state index < -0.39 is 5.97 Å². The zero-order chi connectivity index (χ0) is 21.0. The van der Waals surface area contributed by atoms with Gasteiger partial charge in [0, 0.05) is 30.9 Å². The van der Waals surface area contributed by atoms with Crippen LogP contribution < -0.4 is 4.90 Å². The Hall–Kier alpha value is -2.33. The summed E-state index contributed by atoms with van der Waals surface area (Å²) in [4.78, 5) is 30.1. The number of hydrogen-bond donors (Lipinski definition) is 1. The molecule has 10 heteroatoms. The maximum absolute atomic E-state index is 12.9. The van der Waals surface area contributed by atoms with Gasteiger partial charge in [0.1, 0.15) is 5.69 Å². The number of hydrogen-bond acceptors (Lipinski definition) is 8. The van der Waals surface area contributed by atoms with Gasteiger partial charge in [0.2, 0.25) is 5.95 Å². The third kappa shape index (κ3) is 4.48. The van der Waals surface area contributed by atoms with Crippen LogP contribution in [0.2, 0.25) is 0 Å². The number of ketones is 1. The van der Waals surface area contributed by atoms with Crippen LogP contribution in [-0.2, 0) is 16.0 Å². The molecule has 0 amide bonds. The first-order chi connectivity index (χ1) is 14.0. The number of aromatic nitrogens is 4. The van der Waals surface area contributed by atoms with Crippen LogP contribution in [-0.4, -0.2) is 70.2 Å². The van der Waals surface area contributed by atoms with Crippen LogP contribution in [0.4, 0.5) is 5.95 Å². The fraction of sp³-hybridized carbons (Fsp3) is 0.579. The van der Waals surface area contributed by atoms with E-state index >= 15 is 0 Å². The molecule has 1 aliphatic rings. The summed E-state index contributed by atoms with van der Waals surface area (Å²) in [6.07, 6.45) is 0. The monoisotopic (exact) mass is 421 g/mol. The normalized spacial score (nSPS) is 14.3. The molecule has 158 valence electrons. The summed E-state index contributed by atoms with van der Waals surface area (Å²) in [6.45, 7) is 11.2. The molecule has 0 radical (unpaired) electrons. The molecule has 9 nitrogen and oxygen atoms in total. The Bertz CT molecular complexity index is 886. The van der Waals surface area contributed by atoms with E-state index in [1.165, 1.54) is 11.8 Å². The van der Waals surface area contributed by atoms with Gasteiger partial charge in [0.25, 0.3) is 0 Å². The number of thioether (sulfide) groups is 1. The highest BCUT2D eigenvalue weighted by atomic mass is 32.2. The number of carbonyl (C=O) groups excluding carboxylic acids is 2. The molecule has 2 aromatic rings. The molecule has 0 bridgehead atoms. The van der Waals surface area contributed by atoms with Crippen LogP contribution in [0.5, 0.6) is 0 Å². The number of H-pyrrole nitrogens is 1. The summed E-state index contributed by atoms with van der Waals surface area (Å²) >= 11 is 1.36. The Balaban J connectivity index is 1.73. The molecule has 0 saturated carbocycles. The Morgan fingerprint density at radius 3 is 2.59 bits per heavy atom. The average Bonchev–Trinajstić information content (AvgIpc) is 3.27. The summed E-state index contributed by atoms with van der Waals surface area (Å²) in [5.74, 6) is 0.517. The van der Waals surface area contributed by atoms with Crippen molar-refractivity contribution >= 4 is 29.5 Å². The molecule has 0 atom stereocenters. The molecule has 0 spiro atoms. The van der Waals surface area contributed by atoms with Crippen molar-refractivity contribution in [1.82, 2.24) is 19.7 Å². The summed E-state index contributed by atoms with van der Waals surface area (Å²) in [7, 11) is 0. The largest absolute Gasteiger partial charge is 0.461 e. The van der Waals surface area contributed by atoms with Crippen LogP contribution in [0.1, 0.15) is 46.0 Å². The van der Waals surface area contributed by atoms with Crippen molar-refractivity contribution in [3.63, 3.8) is 0 Å². The Morgan fingerprint density at radius 2 is 1.93 bits per heavy atom. The molecule has 2 aromatic heterocycles. The average molecular weight is 422 g/mol. The number of esters is 1. The first-order valence-electron chi connectivity index (χ1n) is 9.76. The van der Waals surface area contributed by atoms with Gasteiger partial charge >= 0.3 is 5.97 Å². The molecule has 1 aliphatic heterocycles. The SMILES string of the molecule is CCOC(=O)c1[nH]c(C)c(C(=O)CSc2nnc(N3CCOCC3)n2CC)c1C. The second-order valence-electron chi connectivity index (χ2n) is 6.68. The number of aromatic amines is 1. The molecule has 3 heterocycles. The number of nitrogens with zero attached hydrogens (tertiary/aromatic N) is 4. The zero-order valence-electron chi connectivity index (χ0n) is 17.3. The van der Waals surface area contributed by atoms with Crippen molar-refractivity contribution in [2.24, 2.45) is 0 Å². The molecule has 1 N–H and O–H groups in total. The quantitative estimate of drug-likeness (QED) is 0.393. The minimum absolute atomic E-state index is 0.0598. The number of anilines is 1. The standard InChI is InChI=1S/C19H27N5O4S/c1-5-24-18(23-7-9-27-10-8-23)21-22-19(24)29-11-14(25)15-12(3)16(20-13(15)4)17(26)28-6-2/h20H,5-11H2,1-4H3. The van der Waals surface area contributed by atoms with Crippen molar-refractivity contribution in [2.75, 3.05) is 43.6 Å². The maximum Gasteiger partial charge on any atom is 0.355 e. The first-order valence-corrected chi connectivity index (χ1v) is 10.7. The van der Waals surface area contributed by atoms with Crippen molar-refractivity contribution in [1.29, 1.82) is 0 Å². The summed E-state index contributed by atoms with van der Waals surface area (Å²) in [5, 5.41) is 9.33. The predicted molar refractivity (Wildman–Crippen MR) is 110 cm³/mol. The van der Waals surface area contributed by atoms with Crippen LogP contribution in [0.25, 0.3) is 0 Å². The lowest BCUT2D eigenvalue weighted by Crippen LogP contribution is -2.38. The Kier molecular flexibility index (Phi) is 6.96. The lowest BCUT2D eigenvalue weighted by molar-refractivity contribution is 0.0519. The van der Waals surface area contributed by atoms with Crippen LogP contribution >= 0.6 is 11.8 Å². The van der Waals surface area contributed by atoms with Crippen LogP contribution in [0.3, 0.4) is 0 Å². The highest BCUT2D eigenvalue weighted by molar-refractivity contribution is 7.99. The Labute approximate surface area is 174 Å². The lowest BCUT2D eigenvalue weighted by atomic mass is 10.1. The second kappa shape index (κ2) is 9.45. The molecular formula is C19H27N5O4S. The number of rotatable bonds is 8. The van der Waals surface area contributed by atoms with E-state index in [1.54, 1.807) is 20.8 Å². The van der Waals surface area contributed by atoms with E-state index in [-0.39, 0.29) is 18.1 Å². The fourth-order valence-electron chi connectivity index (χ4n) is 3.44. The smallest absolute Gasteiger partial charge is 0.355 e. The molecule has 0 aliphatic carbocycles. The van der Waals surface area contributed by atoms with E-state index in [1.807, 2.05) is 11.5 Å². The van der Waals surface area contributed by atoms with Gasteiger partial charge in [-0.05, 0) is 33.3 Å². The molecule has 29 heavy (non-hydrogen) atoms. The van der Waals surface area contributed by atoms with Crippen LogP contribution in [0.15, 0.2) is 5.16 Å². The molecule has 3 rings (SSSR count). The minimum Gasteiger partial charge on any atom is -0.461 e. The van der Waals surface area contributed by atoms with Gasteiger partial charge in [0.15, 0.2) is 10.9 Å². The van der Waals surface area contributed by atoms with Crippen molar-refractivity contribution < 1.29 is 19.1 Å². The third-order valence-electron chi connectivity index (χ3n) is 4.84. The van der Waals surface area contributed by atoms with Gasteiger partial charge in [-0.2, -0.15) is 0 Å². The maximum atomic E-state index is 12.9. The van der Waals surface area contributed by atoms with Gasteiger partial charge in [-0.25, -0.2) is 4.79 Å².